The van der Waals surface area contributed by atoms with Gasteiger partial charge < -0.3 is 20.3 Å². The van der Waals surface area contributed by atoms with Gasteiger partial charge in [0.05, 0.1) is 25.4 Å². The Bertz CT molecular complexity index is 1280. The molecular weight excluding hydrogens is 971 g/mol. The molecule has 0 aliphatic carbocycles. The molecule has 3 N–H and O–H groups in total. The smallest absolute Gasteiger partial charge is 0.305 e. The molecule has 0 aromatic heterocycles. The van der Waals surface area contributed by atoms with E-state index < -0.39 is 12.1 Å². The predicted molar refractivity (Wildman–Crippen MR) is 347 cm³/mol. The molecule has 0 aliphatic rings. The predicted octanol–water partition coefficient (Wildman–Crippen LogP) is 23.1. The van der Waals surface area contributed by atoms with Crippen LogP contribution in [0.3, 0.4) is 0 Å². The summed E-state index contributed by atoms with van der Waals surface area (Å²) in [5.74, 6) is -0.0205. The average molecular weight is 1110 g/mol. The number of allylic oxidation sites excluding steroid dienone is 6. The lowest BCUT2D eigenvalue weighted by molar-refractivity contribution is -0.143. The van der Waals surface area contributed by atoms with Crippen molar-refractivity contribution in [3.8, 4) is 0 Å². The van der Waals surface area contributed by atoms with Crippen molar-refractivity contribution in [2.24, 2.45) is 0 Å². The number of carbonyl (C=O) groups excluding carboxylic acids is 2. The lowest BCUT2D eigenvalue weighted by Crippen LogP contribution is -2.45. The summed E-state index contributed by atoms with van der Waals surface area (Å²) in [6.07, 6.45) is 87.7. The summed E-state index contributed by atoms with van der Waals surface area (Å²) in [7, 11) is 0. The van der Waals surface area contributed by atoms with Gasteiger partial charge in [-0.1, -0.05) is 333 Å². The van der Waals surface area contributed by atoms with Gasteiger partial charge in [0.2, 0.25) is 5.91 Å². The molecule has 0 aromatic rings. The summed E-state index contributed by atoms with van der Waals surface area (Å²) in [6, 6.07) is -0.539. The highest BCUT2D eigenvalue weighted by Crippen LogP contribution is 2.19. The molecule has 0 saturated heterocycles. The van der Waals surface area contributed by atoms with Crippen molar-refractivity contribution < 1.29 is 24.5 Å². The van der Waals surface area contributed by atoms with Crippen LogP contribution >= 0.6 is 0 Å². The summed E-state index contributed by atoms with van der Waals surface area (Å²) >= 11 is 0. The molecule has 0 spiro atoms. The summed E-state index contributed by atoms with van der Waals surface area (Å²) in [6.45, 7) is 4.96. The molecule has 6 heteroatoms. The van der Waals surface area contributed by atoms with Gasteiger partial charge >= 0.3 is 5.97 Å². The highest BCUT2D eigenvalue weighted by Gasteiger charge is 2.20. The largest absolute Gasteiger partial charge is 0.466 e. The van der Waals surface area contributed by atoms with E-state index in [0.29, 0.717) is 25.9 Å². The Kier molecular flexibility index (Phi) is 66.9. The molecule has 79 heavy (non-hydrogen) atoms. The number of esters is 1. The standard InChI is InChI=1S/C73H139NO5/c1-3-5-7-9-11-13-15-17-18-19-36-39-43-47-51-55-59-63-67-73(78)79-68-64-60-56-52-48-44-40-37-34-32-30-28-26-24-22-20-21-23-25-27-29-31-33-35-38-42-46-50-54-58-62-66-72(77)74-70(69-75)71(76)65-61-57-53-49-45-41-16-14-12-10-8-6-4-2/h13,15,18-19,22,24,70-71,75-76H,3-12,14,16-17,20-21,23,25-69H2,1-2H3,(H,74,77)/b15-13-,19-18-,24-22-. The first-order valence-electron chi connectivity index (χ1n) is 35.7. The summed E-state index contributed by atoms with van der Waals surface area (Å²) < 4.78 is 5.50. The van der Waals surface area contributed by atoms with Gasteiger partial charge in [0.15, 0.2) is 0 Å². The van der Waals surface area contributed by atoms with Crippen LogP contribution in [-0.2, 0) is 14.3 Å². The number of ether oxygens (including phenoxy) is 1. The van der Waals surface area contributed by atoms with Crippen molar-refractivity contribution in [1.82, 2.24) is 5.32 Å². The van der Waals surface area contributed by atoms with E-state index in [9.17, 15) is 19.8 Å². The molecule has 0 aliphatic heterocycles. The first-order chi connectivity index (χ1) is 39.0. The van der Waals surface area contributed by atoms with Crippen molar-refractivity contribution in [2.45, 2.75) is 405 Å². The zero-order chi connectivity index (χ0) is 57.1. The average Bonchev–Trinajstić information content (AvgIpc) is 3.45. The molecule has 0 saturated carbocycles. The topological polar surface area (TPSA) is 95.9 Å². The Labute approximate surface area is 494 Å². The first kappa shape index (κ1) is 77.1. The summed E-state index contributed by atoms with van der Waals surface area (Å²) in [5.41, 5.74) is 0. The lowest BCUT2D eigenvalue weighted by atomic mass is 10.0. The Morgan fingerprint density at radius 1 is 0.354 bits per heavy atom. The highest BCUT2D eigenvalue weighted by molar-refractivity contribution is 5.76. The van der Waals surface area contributed by atoms with Gasteiger partial charge in [0.1, 0.15) is 0 Å². The molecule has 0 fully saturated rings. The Balaban J connectivity index is 3.34. The molecule has 466 valence electrons. The number of carbonyl (C=O) groups is 2. The third-order valence-electron chi connectivity index (χ3n) is 16.7. The Morgan fingerprint density at radius 3 is 0.987 bits per heavy atom. The van der Waals surface area contributed by atoms with Gasteiger partial charge in [-0.05, 0) is 83.5 Å². The van der Waals surface area contributed by atoms with Crippen molar-refractivity contribution in [3.63, 3.8) is 0 Å². The van der Waals surface area contributed by atoms with Crippen LogP contribution in [0.2, 0.25) is 0 Å². The van der Waals surface area contributed by atoms with Gasteiger partial charge in [-0.2, -0.15) is 0 Å². The SMILES string of the molecule is CCCCCC/C=C\C/C=C\CCCCCCCCCC(=O)OCCCCCCCCCCCCCC/C=C\CCCCCCCCCCCCCCCCCC(=O)NC(CO)C(O)CCCCCCCCCCCCCCC. The molecule has 6 nitrogen and oxygen atoms in total. The molecule has 0 bridgehead atoms. The van der Waals surface area contributed by atoms with Crippen LogP contribution in [0.25, 0.3) is 0 Å². The quantitative estimate of drug-likeness (QED) is 0.0320. The fourth-order valence-electron chi connectivity index (χ4n) is 11.2. The van der Waals surface area contributed by atoms with Crippen molar-refractivity contribution in [2.75, 3.05) is 13.2 Å². The second-order valence-corrected chi connectivity index (χ2v) is 24.6. The van der Waals surface area contributed by atoms with E-state index in [0.717, 1.165) is 51.4 Å². The van der Waals surface area contributed by atoms with Gasteiger partial charge in [-0.3, -0.25) is 9.59 Å². The van der Waals surface area contributed by atoms with E-state index >= 15 is 0 Å². The van der Waals surface area contributed by atoms with Crippen LogP contribution in [-0.4, -0.2) is 47.4 Å². The van der Waals surface area contributed by atoms with E-state index in [-0.39, 0.29) is 18.5 Å². The van der Waals surface area contributed by atoms with Gasteiger partial charge in [0, 0.05) is 12.8 Å². The normalized spacial score (nSPS) is 12.7. The van der Waals surface area contributed by atoms with Crippen LogP contribution in [0.1, 0.15) is 393 Å². The minimum atomic E-state index is -0.662. The molecule has 1 amide bonds. The minimum Gasteiger partial charge on any atom is -0.466 e. The fourth-order valence-corrected chi connectivity index (χ4v) is 11.2. The second-order valence-electron chi connectivity index (χ2n) is 24.6. The monoisotopic (exact) mass is 1110 g/mol. The van der Waals surface area contributed by atoms with Crippen LogP contribution in [0, 0.1) is 0 Å². The van der Waals surface area contributed by atoms with Crippen molar-refractivity contribution in [3.05, 3.63) is 36.5 Å². The van der Waals surface area contributed by atoms with E-state index in [1.165, 1.54) is 308 Å². The maximum absolute atomic E-state index is 12.5. The first-order valence-corrected chi connectivity index (χ1v) is 35.7. The maximum atomic E-state index is 12.5. The number of hydrogen-bond donors (Lipinski definition) is 3. The highest BCUT2D eigenvalue weighted by atomic mass is 16.5. The van der Waals surface area contributed by atoms with Crippen molar-refractivity contribution in [1.29, 1.82) is 0 Å². The van der Waals surface area contributed by atoms with E-state index in [1.807, 2.05) is 0 Å². The third-order valence-corrected chi connectivity index (χ3v) is 16.7. The second kappa shape index (κ2) is 68.6. The molecule has 2 atom stereocenters. The number of rotatable bonds is 67. The van der Waals surface area contributed by atoms with E-state index in [4.69, 9.17) is 4.74 Å². The van der Waals surface area contributed by atoms with Crippen LogP contribution in [0.4, 0.5) is 0 Å². The summed E-state index contributed by atoms with van der Waals surface area (Å²) in [4.78, 5) is 24.6. The Morgan fingerprint density at radius 2 is 0.633 bits per heavy atom. The number of unbranched alkanes of at least 4 members (excludes halogenated alkanes) is 50. The molecule has 2 unspecified atom stereocenters. The molecular formula is C73H139NO5. The fraction of sp³-hybridized carbons (Fsp3) is 0.890. The molecule has 0 heterocycles. The van der Waals surface area contributed by atoms with Crippen LogP contribution < -0.4 is 5.32 Å². The minimum absolute atomic E-state index is 0.0107. The third kappa shape index (κ3) is 65.1. The maximum Gasteiger partial charge on any atom is 0.305 e. The zero-order valence-electron chi connectivity index (χ0n) is 53.4. The number of hydrogen-bond acceptors (Lipinski definition) is 5. The number of amides is 1. The zero-order valence-corrected chi connectivity index (χ0v) is 53.4. The summed E-state index contributed by atoms with van der Waals surface area (Å²) in [5, 5.41) is 23.3. The lowest BCUT2D eigenvalue weighted by Gasteiger charge is -2.22. The Hall–Kier alpha value is -1.92. The molecule has 0 rings (SSSR count). The van der Waals surface area contributed by atoms with Crippen molar-refractivity contribution >= 4 is 11.9 Å². The van der Waals surface area contributed by atoms with E-state index in [1.54, 1.807) is 0 Å². The number of aliphatic hydroxyl groups excluding tert-OH is 2. The van der Waals surface area contributed by atoms with Gasteiger partial charge in [-0.15, -0.1) is 0 Å². The number of aliphatic hydroxyl groups is 2. The van der Waals surface area contributed by atoms with Gasteiger partial charge in [0.25, 0.3) is 0 Å². The number of nitrogens with one attached hydrogen (secondary N) is 1. The van der Waals surface area contributed by atoms with Crippen LogP contribution in [0.5, 0.6) is 0 Å². The van der Waals surface area contributed by atoms with E-state index in [2.05, 4.69) is 55.6 Å². The van der Waals surface area contributed by atoms with Gasteiger partial charge in [-0.25, -0.2) is 0 Å². The molecule has 0 radical (unpaired) electrons. The molecule has 0 aromatic carbocycles. The van der Waals surface area contributed by atoms with Crippen LogP contribution in [0.15, 0.2) is 36.5 Å².